The van der Waals surface area contributed by atoms with Gasteiger partial charge in [0.2, 0.25) is 5.95 Å². The normalized spacial score (nSPS) is 24.1. The second-order valence-corrected chi connectivity index (χ2v) is 5.14. The van der Waals surface area contributed by atoms with Gasteiger partial charge in [0.1, 0.15) is 0 Å². The maximum atomic E-state index is 5.13. The summed E-state index contributed by atoms with van der Waals surface area (Å²) < 4.78 is 7.27. The highest BCUT2D eigenvalue weighted by atomic mass is 16.5. The van der Waals surface area contributed by atoms with Crippen LogP contribution in [0.4, 0.5) is 5.95 Å². The standard InChI is InChI=1S/C14H25N3O/c1-3-12-6-4-5-7-13(12)16-14-15-8-9-17(14)10-11-18-2/h8-9,12-13H,3-7,10-11H2,1-2H3,(H,15,16). The van der Waals surface area contributed by atoms with E-state index in [0.717, 1.165) is 25.0 Å². The first kappa shape index (κ1) is 13.4. The predicted molar refractivity (Wildman–Crippen MR) is 73.8 cm³/mol. The molecule has 1 fully saturated rings. The quantitative estimate of drug-likeness (QED) is 0.845. The number of nitrogens with zero attached hydrogens (tertiary/aromatic N) is 2. The molecule has 2 rings (SSSR count). The number of anilines is 1. The molecule has 4 nitrogen and oxygen atoms in total. The number of imidazole rings is 1. The molecule has 0 amide bonds. The van der Waals surface area contributed by atoms with Crippen LogP contribution in [0.15, 0.2) is 12.4 Å². The summed E-state index contributed by atoms with van der Waals surface area (Å²) >= 11 is 0. The molecule has 4 heteroatoms. The molecule has 0 bridgehead atoms. The van der Waals surface area contributed by atoms with Gasteiger partial charge in [-0.25, -0.2) is 4.98 Å². The molecule has 102 valence electrons. The van der Waals surface area contributed by atoms with Crippen LogP contribution in [-0.4, -0.2) is 29.3 Å². The van der Waals surface area contributed by atoms with Crippen LogP contribution in [0.3, 0.4) is 0 Å². The Morgan fingerprint density at radius 1 is 1.44 bits per heavy atom. The van der Waals surface area contributed by atoms with Gasteiger partial charge in [0.05, 0.1) is 6.61 Å². The summed E-state index contributed by atoms with van der Waals surface area (Å²) in [6.45, 7) is 3.89. The second kappa shape index (κ2) is 6.78. The number of hydrogen-bond donors (Lipinski definition) is 1. The summed E-state index contributed by atoms with van der Waals surface area (Å²) in [7, 11) is 1.73. The lowest BCUT2D eigenvalue weighted by atomic mass is 9.83. The van der Waals surface area contributed by atoms with Crippen LogP contribution in [0.5, 0.6) is 0 Å². The summed E-state index contributed by atoms with van der Waals surface area (Å²) in [4.78, 5) is 4.43. The molecular weight excluding hydrogens is 226 g/mol. The Balaban J connectivity index is 1.96. The number of nitrogens with one attached hydrogen (secondary N) is 1. The third-order valence-corrected chi connectivity index (χ3v) is 4.00. The minimum absolute atomic E-state index is 0.590. The summed E-state index contributed by atoms with van der Waals surface area (Å²) in [6, 6.07) is 0.590. The van der Waals surface area contributed by atoms with Crippen molar-refractivity contribution in [3.63, 3.8) is 0 Å². The Hall–Kier alpha value is -1.03. The molecule has 2 unspecified atom stereocenters. The van der Waals surface area contributed by atoms with Gasteiger partial charge < -0.3 is 14.6 Å². The van der Waals surface area contributed by atoms with E-state index in [4.69, 9.17) is 4.74 Å². The summed E-state index contributed by atoms with van der Waals surface area (Å²) in [6.07, 6.45) is 10.5. The Labute approximate surface area is 110 Å². The predicted octanol–water partition coefficient (Wildman–Crippen LogP) is 2.91. The van der Waals surface area contributed by atoms with Crippen molar-refractivity contribution in [1.82, 2.24) is 9.55 Å². The fraction of sp³-hybridized carbons (Fsp3) is 0.786. The van der Waals surface area contributed by atoms with E-state index in [1.807, 2.05) is 12.4 Å². The Bertz CT molecular complexity index is 351. The molecule has 0 aliphatic heterocycles. The summed E-state index contributed by atoms with van der Waals surface area (Å²) in [5, 5.41) is 3.64. The minimum Gasteiger partial charge on any atom is -0.383 e. The van der Waals surface area contributed by atoms with E-state index in [1.54, 1.807) is 7.11 Å². The van der Waals surface area contributed by atoms with Crippen LogP contribution in [0.1, 0.15) is 39.0 Å². The molecule has 1 aromatic rings. The fourth-order valence-corrected chi connectivity index (χ4v) is 2.87. The van der Waals surface area contributed by atoms with E-state index in [2.05, 4.69) is 21.8 Å². The molecule has 18 heavy (non-hydrogen) atoms. The van der Waals surface area contributed by atoms with Crippen molar-refractivity contribution in [2.45, 2.75) is 51.6 Å². The van der Waals surface area contributed by atoms with Crippen molar-refractivity contribution in [3.8, 4) is 0 Å². The number of rotatable bonds is 6. The Kier molecular flexibility index (Phi) is 5.05. The van der Waals surface area contributed by atoms with Gasteiger partial charge in [-0.3, -0.25) is 0 Å². The van der Waals surface area contributed by atoms with Gasteiger partial charge in [0, 0.05) is 32.1 Å². The van der Waals surface area contributed by atoms with Crippen molar-refractivity contribution in [2.75, 3.05) is 19.0 Å². The zero-order valence-corrected chi connectivity index (χ0v) is 11.6. The van der Waals surface area contributed by atoms with Crippen molar-refractivity contribution < 1.29 is 4.74 Å². The highest BCUT2D eigenvalue weighted by Crippen LogP contribution is 2.28. The minimum atomic E-state index is 0.590. The highest BCUT2D eigenvalue weighted by molar-refractivity contribution is 5.28. The van der Waals surface area contributed by atoms with Crippen molar-refractivity contribution in [2.24, 2.45) is 5.92 Å². The topological polar surface area (TPSA) is 39.1 Å². The lowest BCUT2D eigenvalue weighted by molar-refractivity contribution is 0.187. The monoisotopic (exact) mass is 251 g/mol. The summed E-state index contributed by atoms with van der Waals surface area (Å²) in [5.74, 6) is 1.80. The van der Waals surface area contributed by atoms with Gasteiger partial charge in [-0.1, -0.05) is 26.2 Å². The summed E-state index contributed by atoms with van der Waals surface area (Å²) in [5.41, 5.74) is 0. The number of methoxy groups -OCH3 is 1. The molecule has 1 heterocycles. The number of ether oxygens (including phenoxy) is 1. The number of hydrogen-bond acceptors (Lipinski definition) is 3. The van der Waals surface area contributed by atoms with Crippen LogP contribution >= 0.6 is 0 Å². The lowest BCUT2D eigenvalue weighted by Crippen LogP contribution is -2.33. The van der Waals surface area contributed by atoms with E-state index in [0.29, 0.717) is 6.04 Å². The van der Waals surface area contributed by atoms with E-state index in [-0.39, 0.29) is 0 Å². The fourth-order valence-electron chi connectivity index (χ4n) is 2.87. The molecule has 0 radical (unpaired) electrons. The molecule has 2 atom stereocenters. The van der Waals surface area contributed by atoms with Crippen molar-refractivity contribution in [1.29, 1.82) is 0 Å². The molecule has 1 aliphatic carbocycles. The van der Waals surface area contributed by atoms with Gasteiger partial charge in [-0.15, -0.1) is 0 Å². The molecule has 1 aromatic heterocycles. The van der Waals surface area contributed by atoms with Gasteiger partial charge >= 0.3 is 0 Å². The maximum absolute atomic E-state index is 5.13. The van der Waals surface area contributed by atoms with Gasteiger partial charge in [-0.2, -0.15) is 0 Å². The second-order valence-electron chi connectivity index (χ2n) is 5.14. The highest BCUT2D eigenvalue weighted by Gasteiger charge is 2.24. The van der Waals surface area contributed by atoms with E-state index >= 15 is 0 Å². The lowest BCUT2D eigenvalue weighted by Gasteiger charge is -2.32. The molecule has 0 saturated heterocycles. The van der Waals surface area contributed by atoms with Crippen molar-refractivity contribution >= 4 is 5.95 Å². The van der Waals surface area contributed by atoms with Crippen LogP contribution in [0.25, 0.3) is 0 Å². The van der Waals surface area contributed by atoms with E-state index in [9.17, 15) is 0 Å². The third-order valence-electron chi connectivity index (χ3n) is 4.00. The SMILES string of the molecule is CCC1CCCCC1Nc1nccn1CCOC. The van der Waals surface area contributed by atoms with E-state index in [1.165, 1.54) is 32.1 Å². The molecular formula is C14H25N3O. The zero-order chi connectivity index (χ0) is 12.8. The van der Waals surface area contributed by atoms with Crippen LogP contribution in [-0.2, 0) is 11.3 Å². The van der Waals surface area contributed by atoms with Crippen molar-refractivity contribution in [3.05, 3.63) is 12.4 Å². The largest absolute Gasteiger partial charge is 0.383 e. The molecule has 1 N–H and O–H groups in total. The first-order valence-corrected chi connectivity index (χ1v) is 7.11. The van der Waals surface area contributed by atoms with Gasteiger partial charge in [0.25, 0.3) is 0 Å². The average molecular weight is 251 g/mol. The van der Waals surface area contributed by atoms with E-state index < -0.39 is 0 Å². The van der Waals surface area contributed by atoms with Crippen LogP contribution < -0.4 is 5.32 Å². The Morgan fingerprint density at radius 2 is 2.28 bits per heavy atom. The Morgan fingerprint density at radius 3 is 3.06 bits per heavy atom. The number of aromatic nitrogens is 2. The molecule has 0 spiro atoms. The molecule has 1 saturated carbocycles. The smallest absolute Gasteiger partial charge is 0.203 e. The average Bonchev–Trinajstić information content (AvgIpc) is 2.84. The third kappa shape index (κ3) is 3.25. The maximum Gasteiger partial charge on any atom is 0.203 e. The molecule has 0 aromatic carbocycles. The van der Waals surface area contributed by atoms with Crippen LogP contribution in [0, 0.1) is 5.92 Å². The zero-order valence-electron chi connectivity index (χ0n) is 11.6. The van der Waals surface area contributed by atoms with Crippen LogP contribution in [0.2, 0.25) is 0 Å². The van der Waals surface area contributed by atoms with Gasteiger partial charge in [-0.05, 0) is 18.8 Å². The first-order chi connectivity index (χ1) is 8.85. The molecule has 1 aliphatic rings. The first-order valence-electron chi connectivity index (χ1n) is 7.11. The van der Waals surface area contributed by atoms with Gasteiger partial charge in [0.15, 0.2) is 0 Å².